The van der Waals surface area contributed by atoms with Crippen LogP contribution in [0.15, 0.2) is 24.3 Å². The molecule has 26 heavy (non-hydrogen) atoms. The zero-order valence-corrected chi connectivity index (χ0v) is 17.4. The number of unbranched alkanes of at least 4 members (excludes halogenated alkanes) is 1. The second-order valence-corrected chi connectivity index (χ2v) is 6.96. The molecule has 0 aliphatic carbocycles. The van der Waals surface area contributed by atoms with Crippen molar-refractivity contribution in [1.82, 2.24) is 10.3 Å². The molecule has 0 bridgehead atoms. The number of thiazole rings is 1. The number of hydrogen-bond acceptors (Lipinski definition) is 4. The highest BCUT2D eigenvalue weighted by Crippen LogP contribution is 2.21. The van der Waals surface area contributed by atoms with E-state index in [1.165, 1.54) is 23.5 Å². The molecule has 1 aromatic heterocycles. The van der Waals surface area contributed by atoms with E-state index in [0.29, 0.717) is 17.8 Å². The topological polar surface area (TPSA) is 68.0 Å². The number of hydrogen-bond donors (Lipinski definition) is 2. The molecule has 1 amide bonds. The maximum Gasteiger partial charge on any atom is 0.263 e. The van der Waals surface area contributed by atoms with Crippen LogP contribution >= 0.6 is 36.2 Å². The summed E-state index contributed by atoms with van der Waals surface area (Å²) < 4.78 is 13.0. The van der Waals surface area contributed by atoms with Crippen LogP contribution in [0, 0.1) is 12.7 Å². The predicted molar refractivity (Wildman–Crippen MR) is 110 cm³/mol. The summed E-state index contributed by atoms with van der Waals surface area (Å²) in [5.74, 6) is -0.365. The van der Waals surface area contributed by atoms with Crippen molar-refractivity contribution in [3.8, 4) is 0 Å². The molecule has 1 unspecified atom stereocenters. The number of carbonyl (C=O) groups excluding carboxylic acids is 1. The Kier molecular flexibility index (Phi) is 11.7. The average Bonchev–Trinajstić information content (AvgIpc) is 2.94. The van der Waals surface area contributed by atoms with Gasteiger partial charge in [0.15, 0.2) is 0 Å². The fourth-order valence-corrected chi connectivity index (χ4v) is 3.47. The van der Waals surface area contributed by atoms with Gasteiger partial charge in [-0.05, 0) is 31.0 Å². The molecule has 1 aromatic carbocycles. The maximum atomic E-state index is 13.0. The summed E-state index contributed by atoms with van der Waals surface area (Å²) in [6.07, 6.45) is 3.60. The summed E-state index contributed by atoms with van der Waals surface area (Å²) in [5, 5.41) is 3.85. The Bertz CT molecular complexity index is 680. The lowest BCUT2D eigenvalue weighted by Crippen LogP contribution is -2.40. The molecule has 0 fully saturated rings. The summed E-state index contributed by atoms with van der Waals surface area (Å²) in [7, 11) is 0. The molecule has 0 radical (unpaired) electrons. The first-order chi connectivity index (χ1) is 11.5. The minimum absolute atomic E-state index is 0. The number of nitrogens with zero attached hydrogens (tertiary/aromatic N) is 1. The molecule has 146 valence electrons. The molecule has 2 rings (SSSR count). The zero-order chi connectivity index (χ0) is 17.5. The van der Waals surface area contributed by atoms with Crippen molar-refractivity contribution < 1.29 is 9.18 Å². The summed E-state index contributed by atoms with van der Waals surface area (Å²) in [6, 6.07) is 6.34. The Balaban J connectivity index is 0.00000312. The van der Waals surface area contributed by atoms with E-state index < -0.39 is 0 Å². The number of benzene rings is 1. The van der Waals surface area contributed by atoms with E-state index in [1.807, 2.05) is 6.92 Å². The molecule has 1 atom stereocenters. The molecule has 0 saturated heterocycles. The number of aromatic nitrogens is 1. The van der Waals surface area contributed by atoms with E-state index in [-0.39, 0.29) is 42.6 Å². The van der Waals surface area contributed by atoms with Gasteiger partial charge in [0.2, 0.25) is 0 Å². The Morgan fingerprint density at radius 1 is 1.31 bits per heavy atom. The molecule has 4 nitrogen and oxygen atoms in total. The largest absolute Gasteiger partial charge is 0.347 e. The van der Waals surface area contributed by atoms with Gasteiger partial charge in [-0.25, -0.2) is 9.37 Å². The molecule has 0 spiro atoms. The number of aryl methyl sites for hydroxylation is 1. The van der Waals surface area contributed by atoms with Gasteiger partial charge in [0, 0.05) is 19.0 Å². The first kappa shape index (κ1) is 24.8. The molecular formula is C18H26Cl2FN3OS. The maximum absolute atomic E-state index is 13.0. The van der Waals surface area contributed by atoms with Crippen molar-refractivity contribution in [3.63, 3.8) is 0 Å². The third-order valence-electron chi connectivity index (χ3n) is 3.84. The lowest BCUT2D eigenvalue weighted by atomic mass is 10.1. The molecular weight excluding hydrogens is 396 g/mol. The molecule has 0 saturated carbocycles. The van der Waals surface area contributed by atoms with Crippen molar-refractivity contribution in [1.29, 1.82) is 0 Å². The smallest absolute Gasteiger partial charge is 0.263 e. The third kappa shape index (κ3) is 7.19. The van der Waals surface area contributed by atoms with Crippen molar-refractivity contribution >= 4 is 42.1 Å². The average molecular weight is 422 g/mol. The minimum atomic E-state index is -0.256. The van der Waals surface area contributed by atoms with Gasteiger partial charge in [-0.3, -0.25) is 4.79 Å². The second-order valence-electron chi connectivity index (χ2n) is 5.87. The molecule has 0 aliphatic heterocycles. The van der Waals surface area contributed by atoms with Crippen LogP contribution in [0.1, 0.15) is 52.1 Å². The van der Waals surface area contributed by atoms with E-state index in [9.17, 15) is 9.18 Å². The van der Waals surface area contributed by atoms with Gasteiger partial charge < -0.3 is 11.1 Å². The van der Waals surface area contributed by atoms with Gasteiger partial charge in [0.05, 0.1) is 10.7 Å². The predicted octanol–water partition coefficient (Wildman–Crippen LogP) is 4.27. The van der Waals surface area contributed by atoms with Crippen LogP contribution in [0.2, 0.25) is 0 Å². The van der Waals surface area contributed by atoms with E-state index in [1.54, 1.807) is 12.1 Å². The Hall–Kier alpha value is -1.21. The number of halogens is 3. The van der Waals surface area contributed by atoms with Gasteiger partial charge in [0.1, 0.15) is 10.7 Å². The minimum Gasteiger partial charge on any atom is -0.347 e. The number of carbonyl (C=O) groups is 1. The third-order valence-corrected chi connectivity index (χ3v) is 5.00. The van der Waals surface area contributed by atoms with E-state index in [2.05, 4.69) is 17.2 Å². The lowest BCUT2D eigenvalue weighted by Gasteiger charge is -2.15. The van der Waals surface area contributed by atoms with Crippen LogP contribution < -0.4 is 11.1 Å². The van der Waals surface area contributed by atoms with Crippen LogP contribution in [0.25, 0.3) is 0 Å². The van der Waals surface area contributed by atoms with E-state index in [0.717, 1.165) is 35.5 Å². The molecule has 2 aromatic rings. The van der Waals surface area contributed by atoms with Gasteiger partial charge in [-0.1, -0.05) is 31.9 Å². The van der Waals surface area contributed by atoms with Crippen LogP contribution in [0.5, 0.6) is 0 Å². The quantitative estimate of drug-likeness (QED) is 0.668. The zero-order valence-electron chi connectivity index (χ0n) is 15.0. The summed E-state index contributed by atoms with van der Waals surface area (Å²) in [4.78, 5) is 17.6. The normalized spacial score (nSPS) is 11.2. The Morgan fingerprint density at radius 2 is 1.96 bits per heavy atom. The van der Waals surface area contributed by atoms with Gasteiger partial charge >= 0.3 is 0 Å². The standard InChI is InChI=1S/C18H24FN3OS.2ClH/c1-3-4-5-15(11-20)22-18(23)17-12(2)21-16(24-17)10-13-6-8-14(19)9-7-13;;/h6-9,15H,3-5,10-11,20H2,1-2H3,(H,22,23);2*1H. The molecule has 1 heterocycles. The highest BCUT2D eigenvalue weighted by Gasteiger charge is 2.18. The van der Waals surface area contributed by atoms with Crippen LogP contribution in [-0.4, -0.2) is 23.5 Å². The highest BCUT2D eigenvalue weighted by atomic mass is 35.5. The lowest BCUT2D eigenvalue weighted by molar-refractivity contribution is 0.0939. The summed E-state index contributed by atoms with van der Waals surface area (Å²) in [5.41, 5.74) is 7.44. The number of amides is 1. The van der Waals surface area contributed by atoms with Gasteiger partial charge in [-0.15, -0.1) is 36.2 Å². The van der Waals surface area contributed by atoms with Gasteiger partial charge in [0.25, 0.3) is 5.91 Å². The number of nitrogens with two attached hydrogens (primary N) is 1. The van der Waals surface area contributed by atoms with Crippen molar-refractivity contribution in [2.75, 3.05) is 6.54 Å². The first-order valence-electron chi connectivity index (χ1n) is 8.25. The Labute approximate surface area is 170 Å². The van der Waals surface area contributed by atoms with E-state index >= 15 is 0 Å². The van der Waals surface area contributed by atoms with Crippen LogP contribution in [-0.2, 0) is 6.42 Å². The molecule has 0 aliphatic rings. The van der Waals surface area contributed by atoms with Gasteiger partial charge in [-0.2, -0.15) is 0 Å². The monoisotopic (exact) mass is 421 g/mol. The molecule has 8 heteroatoms. The highest BCUT2D eigenvalue weighted by molar-refractivity contribution is 7.13. The fraction of sp³-hybridized carbons (Fsp3) is 0.444. The van der Waals surface area contributed by atoms with Crippen LogP contribution in [0.3, 0.4) is 0 Å². The fourth-order valence-electron chi connectivity index (χ4n) is 2.47. The van der Waals surface area contributed by atoms with Crippen molar-refractivity contribution in [2.24, 2.45) is 5.73 Å². The van der Waals surface area contributed by atoms with Crippen molar-refractivity contribution in [2.45, 2.75) is 45.6 Å². The SMILES string of the molecule is CCCCC(CN)NC(=O)c1sc(Cc2ccc(F)cc2)nc1C.Cl.Cl. The number of rotatable bonds is 8. The Morgan fingerprint density at radius 3 is 2.54 bits per heavy atom. The first-order valence-corrected chi connectivity index (χ1v) is 9.06. The summed E-state index contributed by atoms with van der Waals surface area (Å²) in [6.45, 7) is 4.39. The summed E-state index contributed by atoms with van der Waals surface area (Å²) >= 11 is 1.39. The van der Waals surface area contributed by atoms with Crippen LogP contribution in [0.4, 0.5) is 4.39 Å². The number of nitrogens with one attached hydrogen (secondary N) is 1. The molecule has 3 N–H and O–H groups in total. The second kappa shape index (κ2) is 12.2. The van der Waals surface area contributed by atoms with E-state index in [4.69, 9.17) is 5.73 Å². The van der Waals surface area contributed by atoms with Crippen molar-refractivity contribution in [3.05, 3.63) is 51.2 Å².